The number of anilines is 1. The molecule has 0 bridgehead atoms. The summed E-state index contributed by atoms with van der Waals surface area (Å²) in [6.07, 6.45) is 4.73. The number of Topliss-reactive ketones (excluding diaryl/α,β-unsaturated/α-hetero) is 1. The van der Waals surface area contributed by atoms with Crippen LogP contribution >= 0.6 is 11.6 Å². The molecular weight excluding hydrogens is 371 g/mol. The topological polar surface area (TPSA) is 98.0 Å². The van der Waals surface area contributed by atoms with E-state index in [9.17, 15) is 9.59 Å². The van der Waals surface area contributed by atoms with Gasteiger partial charge in [-0.2, -0.15) is 0 Å². The molecule has 0 aliphatic heterocycles. The van der Waals surface area contributed by atoms with Crippen molar-refractivity contribution in [3.63, 3.8) is 0 Å². The van der Waals surface area contributed by atoms with Gasteiger partial charge in [-0.1, -0.05) is 17.7 Å². The summed E-state index contributed by atoms with van der Waals surface area (Å²) in [5.41, 5.74) is 5.59. The molecule has 6 nitrogen and oxygen atoms in total. The van der Waals surface area contributed by atoms with Crippen LogP contribution in [0.2, 0.25) is 5.02 Å². The van der Waals surface area contributed by atoms with Gasteiger partial charge < -0.3 is 11.1 Å². The van der Waals surface area contributed by atoms with Gasteiger partial charge in [0.2, 0.25) is 5.78 Å². The number of hydrogen-bond acceptors (Lipinski definition) is 6. The summed E-state index contributed by atoms with van der Waals surface area (Å²) < 4.78 is 15.3. The van der Waals surface area contributed by atoms with Crippen molar-refractivity contribution in [3.8, 4) is 0 Å². The first-order valence-electron chi connectivity index (χ1n) is 8.71. The molecule has 0 spiro atoms. The molecule has 0 amide bonds. The van der Waals surface area contributed by atoms with E-state index in [4.69, 9.17) is 17.3 Å². The van der Waals surface area contributed by atoms with E-state index in [1.807, 2.05) is 0 Å². The molecule has 3 N–H and O–H groups in total. The summed E-state index contributed by atoms with van der Waals surface area (Å²) in [6.45, 7) is 1.96. The number of nitrogens with zero attached hydrogens (tertiary/aromatic N) is 2. The second-order valence-electron chi connectivity index (χ2n) is 6.70. The second-order valence-corrected chi connectivity index (χ2v) is 7.11. The Kier molecular flexibility index (Phi) is 5.82. The Morgan fingerprint density at radius 3 is 2.70 bits per heavy atom. The molecule has 1 atom stereocenters. The zero-order valence-electron chi connectivity index (χ0n) is 14.8. The predicted molar refractivity (Wildman–Crippen MR) is 104 cm³/mol. The average Bonchev–Trinajstić information content (AvgIpc) is 3.45. The van der Waals surface area contributed by atoms with Crippen molar-refractivity contribution in [1.82, 2.24) is 15.3 Å². The first-order valence-corrected chi connectivity index (χ1v) is 9.09. The monoisotopic (exact) mass is 394 g/mol. The van der Waals surface area contributed by atoms with E-state index < -0.39 is 11.6 Å². The second kappa shape index (κ2) is 8.10. The lowest BCUT2D eigenvalue weighted by atomic mass is 9.96. The number of hydrogen-bond donors (Lipinski definition) is 2. The van der Waals surface area contributed by atoms with Gasteiger partial charge in [-0.3, -0.25) is 9.59 Å². The van der Waals surface area contributed by atoms with E-state index in [0.29, 0.717) is 18.5 Å². The highest BCUT2D eigenvalue weighted by Gasteiger charge is 2.35. The maximum Gasteiger partial charge on any atom is 0.217 e. The molecule has 2 aromatic rings. The van der Waals surface area contributed by atoms with Gasteiger partial charge >= 0.3 is 0 Å². The molecule has 0 radical (unpaired) electrons. The number of aromatic nitrogens is 2. The van der Waals surface area contributed by atoms with Crippen LogP contribution in [0.15, 0.2) is 24.5 Å². The first-order chi connectivity index (χ1) is 12.9. The third-order valence-electron chi connectivity index (χ3n) is 4.52. The molecule has 1 saturated carbocycles. The van der Waals surface area contributed by atoms with Crippen molar-refractivity contribution in [2.24, 2.45) is 5.92 Å². The number of halogens is 2. The Hall–Kier alpha value is -2.38. The summed E-state index contributed by atoms with van der Waals surface area (Å²) >= 11 is 6.12. The van der Waals surface area contributed by atoms with Gasteiger partial charge in [-0.15, -0.1) is 0 Å². The fourth-order valence-corrected chi connectivity index (χ4v) is 3.20. The predicted octanol–water partition coefficient (Wildman–Crippen LogP) is 3.59. The van der Waals surface area contributed by atoms with E-state index in [1.165, 1.54) is 25.4 Å². The van der Waals surface area contributed by atoms with Crippen LogP contribution in [0.4, 0.5) is 10.2 Å². The lowest BCUT2D eigenvalue weighted by molar-refractivity contribution is -0.116. The lowest BCUT2D eigenvalue weighted by Gasteiger charge is -2.21. The van der Waals surface area contributed by atoms with Crippen LogP contribution < -0.4 is 11.1 Å². The minimum atomic E-state index is -0.668. The molecular formula is C19H24ClFN4O2. The largest absolute Gasteiger partial charge is 0.382 e. The van der Waals surface area contributed by atoms with Crippen LogP contribution in [-0.2, 0) is 4.79 Å². The van der Waals surface area contributed by atoms with Crippen molar-refractivity contribution in [1.29, 1.82) is 0 Å². The van der Waals surface area contributed by atoms with E-state index >= 15 is 4.39 Å². The quantitative estimate of drug-likeness (QED) is 0.664. The van der Waals surface area contributed by atoms with E-state index in [2.05, 4.69) is 15.3 Å². The molecule has 1 fully saturated rings. The van der Waals surface area contributed by atoms with Gasteiger partial charge in [-0.25, -0.2) is 14.4 Å². The number of carbonyl (C=O) groups is 2. The normalized spacial score (nSPS) is 14.8. The van der Waals surface area contributed by atoms with E-state index in [-0.39, 0.29) is 42.7 Å². The molecule has 27 heavy (non-hydrogen) atoms. The number of nitrogen functional groups attached to an aromatic ring is 1. The summed E-state index contributed by atoms with van der Waals surface area (Å²) in [5, 5.41) is 3.26. The van der Waals surface area contributed by atoms with Crippen LogP contribution in [0.1, 0.15) is 56.7 Å². The lowest BCUT2D eigenvalue weighted by Crippen LogP contribution is -2.27. The summed E-state index contributed by atoms with van der Waals surface area (Å²) in [4.78, 5) is 31.6. The number of ketones is 2. The molecule has 1 aromatic carbocycles. The zero-order chi connectivity index (χ0) is 19.6. The third-order valence-corrected chi connectivity index (χ3v) is 4.84. The van der Waals surface area contributed by atoms with Crippen LogP contribution in [-0.4, -0.2) is 28.1 Å². The number of carbonyl (C=O) groups excluding carboxylic acids is 2. The summed E-state index contributed by atoms with van der Waals surface area (Å²) in [5.74, 6) is -0.822. The number of benzene rings is 1. The van der Waals surface area contributed by atoms with Crippen molar-refractivity contribution < 1.29 is 16.8 Å². The number of rotatable bonds is 8. The van der Waals surface area contributed by atoms with Crippen LogP contribution in [0.3, 0.4) is 0 Å². The number of nitrogens with one attached hydrogen (secondary N) is 1. The molecule has 8 heteroatoms. The standard InChI is InChI=1S/C19H20ClFN4O2.2H2/c1-10(26)6-7-23-18(11-2-3-11)12-4-5-13(20)16(17(12)21)19(27)14-8-25-15(22)9-24-14;;/h4-5,8-9,11,18,23H,2-3,6-7H2,1H3,(H2,22,25);2*1H/t18-;;/m1../s1. The van der Waals surface area contributed by atoms with Crippen LogP contribution in [0.25, 0.3) is 0 Å². The molecule has 3 rings (SSSR count). The van der Waals surface area contributed by atoms with Gasteiger partial charge in [0.25, 0.3) is 0 Å². The highest BCUT2D eigenvalue weighted by molar-refractivity contribution is 6.34. The van der Waals surface area contributed by atoms with Gasteiger partial charge in [-0.05, 0) is 31.7 Å². The Morgan fingerprint density at radius 1 is 1.37 bits per heavy atom. The first kappa shape index (κ1) is 19.4. The molecule has 1 aromatic heterocycles. The highest BCUT2D eigenvalue weighted by atomic mass is 35.5. The van der Waals surface area contributed by atoms with Crippen LogP contribution in [0.5, 0.6) is 0 Å². The SMILES string of the molecule is CC(=O)CCN[C@@H](c1ccc(Cl)c(C(=O)c2cnc(N)cn2)c1F)C1CC1.[HH].[HH]. The van der Waals surface area contributed by atoms with Gasteiger partial charge in [0.1, 0.15) is 23.1 Å². The Balaban J connectivity index is 0.00000210. The van der Waals surface area contributed by atoms with Crippen molar-refractivity contribution in [3.05, 3.63) is 52.2 Å². The average molecular weight is 395 g/mol. The fourth-order valence-electron chi connectivity index (χ4n) is 2.96. The van der Waals surface area contributed by atoms with E-state index in [1.54, 1.807) is 6.07 Å². The Labute approximate surface area is 164 Å². The maximum absolute atomic E-state index is 15.3. The van der Waals surface area contributed by atoms with E-state index in [0.717, 1.165) is 12.8 Å². The van der Waals surface area contributed by atoms with Gasteiger partial charge in [0.05, 0.1) is 23.0 Å². The van der Waals surface area contributed by atoms with Crippen molar-refractivity contribution >= 4 is 29.0 Å². The third kappa shape index (κ3) is 4.48. The number of nitrogens with two attached hydrogens (primary N) is 1. The van der Waals surface area contributed by atoms with Crippen LogP contribution in [0, 0.1) is 11.7 Å². The molecule has 0 unspecified atom stereocenters. The Morgan fingerprint density at radius 2 is 2.11 bits per heavy atom. The molecule has 1 aliphatic carbocycles. The zero-order valence-corrected chi connectivity index (χ0v) is 15.6. The summed E-state index contributed by atoms with van der Waals surface area (Å²) in [7, 11) is 0. The summed E-state index contributed by atoms with van der Waals surface area (Å²) in [6, 6.07) is 2.83. The minimum Gasteiger partial charge on any atom is -0.382 e. The Bertz CT molecular complexity index is 879. The van der Waals surface area contributed by atoms with Crippen molar-refractivity contribution in [2.45, 2.75) is 32.2 Å². The van der Waals surface area contributed by atoms with Crippen molar-refractivity contribution in [2.75, 3.05) is 12.3 Å². The molecule has 1 heterocycles. The highest BCUT2D eigenvalue weighted by Crippen LogP contribution is 2.42. The van der Waals surface area contributed by atoms with Gasteiger partial charge in [0, 0.05) is 27.4 Å². The van der Waals surface area contributed by atoms with Gasteiger partial charge in [0.15, 0.2) is 0 Å². The molecule has 1 aliphatic rings. The maximum atomic E-state index is 15.3. The minimum absolute atomic E-state index is 0. The molecule has 0 saturated heterocycles. The molecule has 146 valence electrons. The fraction of sp³-hybridized carbons (Fsp3) is 0.368. The smallest absolute Gasteiger partial charge is 0.217 e.